The van der Waals surface area contributed by atoms with E-state index < -0.39 is 5.78 Å². The maximum atomic E-state index is 12.7. The van der Waals surface area contributed by atoms with E-state index in [0.717, 1.165) is 0 Å². The molecular weight excluding hydrogens is 308 g/mol. The van der Waals surface area contributed by atoms with Crippen molar-refractivity contribution in [1.82, 2.24) is 0 Å². The van der Waals surface area contributed by atoms with Gasteiger partial charge < -0.3 is 19.7 Å². The number of rotatable bonds is 4. The number of allylic oxidation sites excluding steroid dienone is 1. The van der Waals surface area contributed by atoms with E-state index >= 15 is 0 Å². The Morgan fingerprint density at radius 1 is 1.08 bits per heavy atom. The summed E-state index contributed by atoms with van der Waals surface area (Å²) >= 11 is 0. The van der Waals surface area contributed by atoms with E-state index in [1.165, 1.54) is 12.1 Å². The lowest BCUT2D eigenvalue weighted by Crippen LogP contribution is -2.04. The molecule has 2 aromatic rings. The Balaban J connectivity index is 1.97. The van der Waals surface area contributed by atoms with Gasteiger partial charge in [-0.25, -0.2) is 0 Å². The second kappa shape index (κ2) is 5.92. The monoisotopic (exact) mass is 326 g/mol. The average molecular weight is 326 g/mol. The number of Topliss-reactive ketones (excluding diaryl/α,β-unsaturated/α-hetero) is 1. The van der Waals surface area contributed by atoms with Crippen LogP contribution in [-0.2, 0) is 0 Å². The number of phenols is 2. The topological polar surface area (TPSA) is 76.0 Å². The standard InChI is InChI=1S/C19H18O5/c1-10(2)13-7-14(16(21)8-15(13)20)19(22)11(3)12-4-5-17-18(6-12)24-9-23-17/h4-8,10,20-21H,3,9H2,1-2H3. The predicted octanol–water partition coefficient (Wildman–Crippen LogP) is 3.85. The third kappa shape index (κ3) is 2.69. The van der Waals surface area contributed by atoms with Gasteiger partial charge in [0.05, 0.1) is 5.56 Å². The smallest absolute Gasteiger partial charge is 0.231 e. The lowest BCUT2D eigenvalue weighted by Gasteiger charge is -2.13. The van der Waals surface area contributed by atoms with Crippen LogP contribution < -0.4 is 9.47 Å². The van der Waals surface area contributed by atoms with Gasteiger partial charge in [0.2, 0.25) is 6.79 Å². The first-order chi connectivity index (χ1) is 11.4. The van der Waals surface area contributed by atoms with Gasteiger partial charge in [-0.2, -0.15) is 0 Å². The first-order valence-corrected chi connectivity index (χ1v) is 7.58. The van der Waals surface area contributed by atoms with Crippen LogP contribution in [0, 0.1) is 0 Å². The van der Waals surface area contributed by atoms with E-state index in [9.17, 15) is 15.0 Å². The summed E-state index contributed by atoms with van der Waals surface area (Å²) < 4.78 is 10.6. The number of phenolic OH excluding ortho intramolecular Hbond substituents is 2. The number of carbonyl (C=O) groups is 1. The molecule has 2 aromatic carbocycles. The summed E-state index contributed by atoms with van der Waals surface area (Å²) in [7, 11) is 0. The van der Waals surface area contributed by atoms with Gasteiger partial charge in [-0.05, 0) is 35.2 Å². The summed E-state index contributed by atoms with van der Waals surface area (Å²) in [4.78, 5) is 12.7. The Morgan fingerprint density at radius 2 is 1.79 bits per heavy atom. The fourth-order valence-electron chi connectivity index (χ4n) is 2.62. The zero-order valence-electron chi connectivity index (χ0n) is 13.5. The Morgan fingerprint density at radius 3 is 2.50 bits per heavy atom. The molecule has 0 saturated carbocycles. The summed E-state index contributed by atoms with van der Waals surface area (Å²) in [5.74, 6) is 0.466. The van der Waals surface area contributed by atoms with Gasteiger partial charge in [0, 0.05) is 11.6 Å². The van der Waals surface area contributed by atoms with Gasteiger partial charge >= 0.3 is 0 Å². The average Bonchev–Trinajstić information content (AvgIpc) is 3.00. The van der Waals surface area contributed by atoms with Gasteiger partial charge in [-0.3, -0.25) is 4.79 Å². The van der Waals surface area contributed by atoms with Crippen LogP contribution in [0.25, 0.3) is 5.57 Å². The fourth-order valence-corrected chi connectivity index (χ4v) is 2.62. The summed E-state index contributed by atoms with van der Waals surface area (Å²) in [5, 5.41) is 20.0. The minimum absolute atomic E-state index is 0.0101. The summed E-state index contributed by atoms with van der Waals surface area (Å²) in [6.07, 6.45) is 0. The molecule has 1 aliphatic heterocycles. The van der Waals surface area contributed by atoms with Gasteiger partial charge in [0.15, 0.2) is 17.3 Å². The molecule has 124 valence electrons. The van der Waals surface area contributed by atoms with Crippen LogP contribution in [-0.4, -0.2) is 22.8 Å². The van der Waals surface area contributed by atoms with Crippen LogP contribution >= 0.6 is 0 Å². The number of aromatic hydroxyl groups is 2. The highest BCUT2D eigenvalue weighted by molar-refractivity contribution is 6.29. The zero-order valence-corrected chi connectivity index (χ0v) is 13.5. The van der Waals surface area contributed by atoms with Crippen molar-refractivity contribution in [3.05, 3.63) is 53.6 Å². The number of carbonyl (C=O) groups excluding carboxylic acids is 1. The molecule has 2 N–H and O–H groups in total. The molecule has 0 saturated heterocycles. The van der Waals surface area contributed by atoms with E-state index in [4.69, 9.17) is 9.47 Å². The first-order valence-electron chi connectivity index (χ1n) is 7.58. The van der Waals surface area contributed by atoms with Crippen molar-refractivity contribution in [1.29, 1.82) is 0 Å². The SMILES string of the molecule is C=C(C(=O)c1cc(C(C)C)c(O)cc1O)c1ccc2c(c1)OCO2. The Bertz CT molecular complexity index is 836. The molecule has 0 fully saturated rings. The highest BCUT2D eigenvalue weighted by Crippen LogP contribution is 2.37. The first kappa shape index (κ1) is 15.9. The summed E-state index contributed by atoms with van der Waals surface area (Å²) in [6, 6.07) is 7.82. The second-order valence-corrected chi connectivity index (χ2v) is 5.96. The molecule has 0 aromatic heterocycles. The molecule has 0 bridgehead atoms. The van der Waals surface area contributed by atoms with Crippen molar-refractivity contribution in [2.24, 2.45) is 0 Å². The molecule has 5 nitrogen and oxygen atoms in total. The molecule has 1 heterocycles. The van der Waals surface area contributed by atoms with E-state index in [-0.39, 0.29) is 35.3 Å². The van der Waals surface area contributed by atoms with Gasteiger partial charge in [-0.1, -0.05) is 26.5 Å². The predicted molar refractivity (Wildman–Crippen MR) is 89.8 cm³/mol. The van der Waals surface area contributed by atoms with Crippen molar-refractivity contribution in [2.45, 2.75) is 19.8 Å². The highest BCUT2D eigenvalue weighted by Gasteiger charge is 2.21. The fraction of sp³-hybridized carbons (Fsp3) is 0.211. The molecule has 0 amide bonds. The number of hydrogen-bond acceptors (Lipinski definition) is 5. The molecule has 1 aliphatic rings. The Kier molecular flexibility index (Phi) is 3.93. The van der Waals surface area contributed by atoms with Crippen molar-refractivity contribution in [2.75, 3.05) is 6.79 Å². The minimum Gasteiger partial charge on any atom is -0.508 e. The minimum atomic E-state index is -0.409. The highest BCUT2D eigenvalue weighted by atomic mass is 16.7. The second-order valence-electron chi connectivity index (χ2n) is 5.96. The summed E-state index contributed by atoms with van der Waals surface area (Å²) in [5.41, 5.74) is 1.51. The number of hydrogen-bond donors (Lipinski definition) is 2. The lowest BCUT2D eigenvalue weighted by molar-refractivity contribution is 0.105. The third-order valence-corrected chi connectivity index (χ3v) is 4.01. The quantitative estimate of drug-likeness (QED) is 0.659. The van der Waals surface area contributed by atoms with Gasteiger partial charge in [0.1, 0.15) is 11.5 Å². The lowest BCUT2D eigenvalue weighted by atomic mass is 9.93. The van der Waals surface area contributed by atoms with Crippen LogP contribution in [0.5, 0.6) is 23.0 Å². The van der Waals surface area contributed by atoms with Crippen LogP contribution in [0.1, 0.15) is 41.3 Å². The number of fused-ring (bicyclic) bond motifs is 1. The molecule has 0 atom stereocenters. The van der Waals surface area contributed by atoms with E-state index in [1.54, 1.807) is 18.2 Å². The molecule has 24 heavy (non-hydrogen) atoms. The largest absolute Gasteiger partial charge is 0.508 e. The van der Waals surface area contributed by atoms with Gasteiger partial charge in [-0.15, -0.1) is 0 Å². The molecule has 5 heteroatoms. The number of ether oxygens (including phenoxy) is 2. The zero-order chi connectivity index (χ0) is 17.4. The molecule has 0 radical (unpaired) electrons. The van der Waals surface area contributed by atoms with Crippen LogP contribution in [0.3, 0.4) is 0 Å². The van der Waals surface area contributed by atoms with Crippen molar-refractivity contribution >= 4 is 11.4 Å². The number of ketones is 1. The van der Waals surface area contributed by atoms with E-state index in [1.807, 2.05) is 13.8 Å². The van der Waals surface area contributed by atoms with Crippen LogP contribution in [0.2, 0.25) is 0 Å². The van der Waals surface area contributed by atoms with E-state index in [0.29, 0.717) is 22.6 Å². The van der Waals surface area contributed by atoms with E-state index in [2.05, 4.69) is 6.58 Å². The normalized spacial score (nSPS) is 12.5. The van der Waals surface area contributed by atoms with Crippen LogP contribution in [0.15, 0.2) is 36.9 Å². The van der Waals surface area contributed by atoms with Crippen molar-refractivity contribution < 1.29 is 24.5 Å². The molecule has 0 unspecified atom stereocenters. The maximum absolute atomic E-state index is 12.7. The van der Waals surface area contributed by atoms with Crippen molar-refractivity contribution in [3.8, 4) is 23.0 Å². The molecule has 0 aliphatic carbocycles. The molecule has 0 spiro atoms. The molecular formula is C19H18O5. The Hall–Kier alpha value is -2.95. The third-order valence-electron chi connectivity index (χ3n) is 4.01. The van der Waals surface area contributed by atoms with Gasteiger partial charge in [0.25, 0.3) is 0 Å². The molecule has 3 rings (SSSR count). The summed E-state index contributed by atoms with van der Waals surface area (Å²) in [6.45, 7) is 7.79. The Labute approximate surface area is 139 Å². The number of benzene rings is 2. The van der Waals surface area contributed by atoms with Crippen LogP contribution in [0.4, 0.5) is 0 Å². The van der Waals surface area contributed by atoms with Crippen molar-refractivity contribution in [3.63, 3.8) is 0 Å². The maximum Gasteiger partial charge on any atom is 0.231 e.